The van der Waals surface area contributed by atoms with Crippen molar-refractivity contribution in [2.45, 2.75) is 58.2 Å². The molecule has 2 atom stereocenters. The van der Waals surface area contributed by atoms with E-state index >= 15 is 0 Å². The van der Waals surface area contributed by atoms with E-state index in [0.717, 1.165) is 12.1 Å². The van der Waals surface area contributed by atoms with Crippen LogP contribution in [-0.2, 0) is 4.74 Å². The van der Waals surface area contributed by atoms with Crippen molar-refractivity contribution in [1.82, 2.24) is 15.5 Å². The van der Waals surface area contributed by atoms with Crippen molar-refractivity contribution in [3.8, 4) is 17.2 Å². The molecule has 0 aliphatic rings. The summed E-state index contributed by atoms with van der Waals surface area (Å²) >= 11 is 0. The lowest BCUT2D eigenvalue weighted by Crippen LogP contribution is -2.42. The van der Waals surface area contributed by atoms with Crippen LogP contribution in [0.3, 0.4) is 0 Å². The van der Waals surface area contributed by atoms with Gasteiger partial charge in [0.15, 0.2) is 6.10 Å². The Morgan fingerprint density at radius 2 is 1.83 bits per heavy atom. The average Bonchev–Trinajstić information content (AvgIpc) is 3.07. The fourth-order valence-electron chi connectivity index (χ4n) is 2.31. The monoisotopic (exact) mass is 417 g/mol. The van der Waals surface area contributed by atoms with Gasteiger partial charge in [0, 0.05) is 5.56 Å². The number of carbonyl (C=O) groups is 1. The van der Waals surface area contributed by atoms with Gasteiger partial charge >= 0.3 is 12.5 Å². The number of aliphatic hydroxyl groups excluding tert-OH is 1. The minimum atomic E-state index is -4.79. The van der Waals surface area contributed by atoms with Gasteiger partial charge in [-0.15, -0.1) is 23.4 Å². The summed E-state index contributed by atoms with van der Waals surface area (Å²) in [4.78, 5) is 11.9. The third-order valence-corrected chi connectivity index (χ3v) is 3.55. The maximum Gasteiger partial charge on any atom is 0.573 e. The van der Waals surface area contributed by atoms with E-state index in [1.807, 2.05) is 0 Å². The van der Waals surface area contributed by atoms with E-state index in [0.29, 0.717) is 12.0 Å². The van der Waals surface area contributed by atoms with Gasteiger partial charge in [-0.05, 0) is 51.5 Å². The van der Waals surface area contributed by atoms with Crippen LogP contribution in [0.4, 0.5) is 18.0 Å². The molecule has 1 aromatic carbocycles. The van der Waals surface area contributed by atoms with Crippen LogP contribution in [0.1, 0.15) is 46.1 Å². The Hall–Kier alpha value is -2.82. The molecule has 29 heavy (non-hydrogen) atoms. The zero-order valence-corrected chi connectivity index (χ0v) is 16.3. The van der Waals surface area contributed by atoms with Crippen molar-refractivity contribution in [2.24, 2.45) is 0 Å². The number of nitrogens with one attached hydrogen (secondary N) is 1. The number of amides is 1. The summed E-state index contributed by atoms with van der Waals surface area (Å²) in [6.07, 6.45) is -6.45. The predicted octanol–water partition coefficient (Wildman–Crippen LogP) is 3.97. The van der Waals surface area contributed by atoms with Crippen LogP contribution in [0.15, 0.2) is 28.7 Å². The zero-order chi connectivity index (χ0) is 21.8. The highest BCUT2D eigenvalue weighted by Gasteiger charge is 2.31. The topological polar surface area (TPSA) is 107 Å². The fourth-order valence-corrected chi connectivity index (χ4v) is 2.31. The zero-order valence-electron chi connectivity index (χ0n) is 16.3. The first kappa shape index (κ1) is 22.5. The molecule has 1 amide bonds. The standard InChI is InChI=1S/C18H22F3N3O5/c1-5-12(22-16(26)29-17(2,3)4)13(25)15-24-23-14(27-15)10-6-8-11(9-7-10)28-18(19,20)21/h6-9,12-13,25H,5H2,1-4H3,(H,22,26). The van der Waals surface area contributed by atoms with Gasteiger partial charge in [0.1, 0.15) is 11.4 Å². The normalized spacial score (nSPS) is 14.2. The molecule has 0 saturated heterocycles. The van der Waals surface area contributed by atoms with Gasteiger partial charge < -0.3 is 24.3 Å². The summed E-state index contributed by atoms with van der Waals surface area (Å²) in [5.41, 5.74) is -0.369. The lowest BCUT2D eigenvalue weighted by atomic mass is 10.1. The van der Waals surface area contributed by atoms with E-state index < -0.39 is 36.0 Å². The molecule has 8 nitrogen and oxygen atoms in total. The first-order valence-corrected chi connectivity index (χ1v) is 8.75. The lowest BCUT2D eigenvalue weighted by molar-refractivity contribution is -0.274. The van der Waals surface area contributed by atoms with Gasteiger partial charge in [0.25, 0.3) is 0 Å². The average molecular weight is 417 g/mol. The SMILES string of the molecule is CCC(NC(=O)OC(C)(C)C)C(O)c1nnc(-c2ccc(OC(F)(F)F)cc2)o1. The second-order valence-corrected chi connectivity index (χ2v) is 7.12. The van der Waals surface area contributed by atoms with Crippen LogP contribution < -0.4 is 10.1 Å². The van der Waals surface area contributed by atoms with Crippen LogP contribution in [0.25, 0.3) is 11.5 Å². The number of halogens is 3. The highest BCUT2D eigenvalue weighted by atomic mass is 19.4. The van der Waals surface area contributed by atoms with Crippen molar-refractivity contribution in [3.63, 3.8) is 0 Å². The number of carbonyl (C=O) groups excluding carboxylic acids is 1. The summed E-state index contributed by atoms with van der Waals surface area (Å²) in [6.45, 7) is 6.86. The number of benzene rings is 1. The number of alkyl carbamates (subject to hydrolysis) is 1. The van der Waals surface area contributed by atoms with E-state index in [4.69, 9.17) is 9.15 Å². The molecule has 2 rings (SSSR count). The van der Waals surface area contributed by atoms with Crippen LogP contribution in [0, 0.1) is 0 Å². The molecule has 0 spiro atoms. The van der Waals surface area contributed by atoms with E-state index in [1.54, 1.807) is 27.7 Å². The maximum absolute atomic E-state index is 12.2. The number of aliphatic hydroxyl groups is 1. The third kappa shape index (κ3) is 6.93. The fraction of sp³-hybridized carbons (Fsp3) is 0.500. The van der Waals surface area contributed by atoms with Gasteiger partial charge in [-0.3, -0.25) is 0 Å². The molecular weight excluding hydrogens is 395 g/mol. The molecule has 0 bridgehead atoms. The van der Waals surface area contributed by atoms with Crippen LogP contribution in [0.5, 0.6) is 5.75 Å². The summed E-state index contributed by atoms with van der Waals surface area (Å²) in [5, 5.41) is 20.5. The Morgan fingerprint density at radius 1 is 1.21 bits per heavy atom. The number of rotatable bonds is 6. The van der Waals surface area contributed by atoms with Crippen LogP contribution in [-0.4, -0.2) is 39.4 Å². The van der Waals surface area contributed by atoms with E-state index in [2.05, 4.69) is 20.3 Å². The molecule has 0 radical (unpaired) electrons. The largest absolute Gasteiger partial charge is 0.573 e. The number of alkyl halides is 3. The Kier molecular flexibility index (Phi) is 6.73. The third-order valence-electron chi connectivity index (χ3n) is 3.55. The minimum Gasteiger partial charge on any atom is -0.444 e. The second kappa shape index (κ2) is 8.68. The molecular formula is C18H22F3N3O5. The van der Waals surface area contributed by atoms with Gasteiger partial charge in [-0.2, -0.15) is 0 Å². The number of ether oxygens (including phenoxy) is 2. The quantitative estimate of drug-likeness (QED) is 0.732. The van der Waals surface area contributed by atoms with Gasteiger partial charge in [0.05, 0.1) is 6.04 Å². The Morgan fingerprint density at radius 3 is 2.34 bits per heavy atom. The molecule has 160 valence electrons. The number of nitrogens with zero attached hydrogens (tertiary/aromatic N) is 2. The predicted molar refractivity (Wildman–Crippen MR) is 94.8 cm³/mol. The molecule has 0 fully saturated rings. The molecule has 1 aromatic heterocycles. The first-order chi connectivity index (χ1) is 13.4. The van der Waals surface area contributed by atoms with Crippen LogP contribution in [0.2, 0.25) is 0 Å². The van der Waals surface area contributed by atoms with Gasteiger partial charge in [0.2, 0.25) is 11.8 Å². The molecule has 2 N–H and O–H groups in total. The van der Waals surface area contributed by atoms with Crippen molar-refractivity contribution in [3.05, 3.63) is 30.2 Å². The van der Waals surface area contributed by atoms with Crippen molar-refractivity contribution in [2.75, 3.05) is 0 Å². The van der Waals surface area contributed by atoms with E-state index in [9.17, 15) is 23.1 Å². The van der Waals surface area contributed by atoms with Gasteiger partial charge in [-0.25, -0.2) is 4.79 Å². The lowest BCUT2D eigenvalue weighted by Gasteiger charge is -2.24. The maximum atomic E-state index is 12.2. The highest BCUT2D eigenvalue weighted by Crippen LogP contribution is 2.27. The molecule has 11 heteroatoms. The van der Waals surface area contributed by atoms with E-state index in [1.165, 1.54) is 12.1 Å². The van der Waals surface area contributed by atoms with Crippen molar-refractivity contribution < 1.29 is 37.0 Å². The minimum absolute atomic E-state index is 0.00951. The van der Waals surface area contributed by atoms with Gasteiger partial charge in [-0.1, -0.05) is 6.92 Å². The summed E-state index contributed by atoms with van der Waals surface area (Å²) < 4.78 is 51.0. The first-order valence-electron chi connectivity index (χ1n) is 8.75. The van der Waals surface area contributed by atoms with Crippen LogP contribution >= 0.6 is 0 Å². The summed E-state index contributed by atoms with van der Waals surface area (Å²) in [5.74, 6) is -0.558. The molecule has 2 unspecified atom stereocenters. The van der Waals surface area contributed by atoms with Crippen molar-refractivity contribution in [1.29, 1.82) is 0 Å². The number of hydrogen-bond acceptors (Lipinski definition) is 7. The summed E-state index contributed by atoms with van der Waals surface area (Å²) in [7, 11) is 0. The molecule has 1 heterocycles. The van der Waals surface area contributed by atoms with Crippen molar-refractivity contribution >= 4 is 6.09 Å². The Labute approximate surface area is 165 Å². The Bertz CT molecular complexity index is 815. The number of aromatic nitrogens is 2. The molecule has 0 aliphatic heterocycles. The Balaban J connectivity index is 2.08. The number of hydrogen-bond donors (Lipinski definition) is 2. The van der Waals surface area contributed by atoms with E-state index in [-0.39, 0.29) is 11.8 Å². The molecule has 2 aromatic rings. The summed E-state index contributed by atoms with van der Waals surface area (Å²) in [6, 6.07) is 4.06. The molecule has 0 saturated carbocycles. The smallest absolute Gasteiger partial charge is 0.444 e. The highest BCUT2D eigenvalue weighted by molar-refractivity contribution is 5.68. The molecule has 0 aliphatic carbocycles. The second-order valence-electron chi connectivity index (χ2n) is 7.12.